The number of hydrogen-bond acceptors (Lipinski definition) is 5. The first-order valence-corrected chi connectivity index (χ1v) is 11.9. The number of likely N-dealkylation sites (N-methyl/N-ethyl adjacent to an activating group) is 1. The largest absolute Gasteiger partial charge is 0.396 e. The van der Waals surface area contributed by atoms with E-state index in [1.54, 1.807) is 0 Å². The van der Waals surface area contributed by atoms with Crippen LogP contribution in [0.3, 0.4) is 0 Å². The third-order valence-corrected chi connectivity index (χ3v) is 7.66. The summed E-state index contributed by atoms with van der Waals surface area (Å²) in [7, 11) is 1.96. The molecule has 6 atom stereocenters. The van der Waals surface area contributed by atoms with Gasteiger partial charge in [-0.3, -0.25) is 10.2 Å². The fourth-order valence-electron chi connectivity index (χ4n) is 5.43. The second-order valence-electron chi connectivity index (χ2n) is 9.54. The summed E-state index contributed by atoms with van der Waals surface area (Å²) in [5.74, 6) is 16.6. The molecule has 2 aliphatic carbocycles. The van der Waals surface area contributed by atoms with Crippen LogP contribution in [-0.2, 0) is 0 Å². The highest BCUT2D eigenvalue weighted by atomic mass is 16.3. The molecular weight excluding hydrogens is 376 g/mol. The number of rotatable bonds is 4. The quantitative estimate of drug-likeness (QED) is 0.526. The number of aliphatic hydroxyl groups excluding tert-OH is 3. The van der Waals surface area contributed by atoms with Crippen LogP contribution in [0.2, 0.25) is 0 Å². The van der Waals surface area contributed by atoms with E-state index in [2.05, 4.69) is 35.9 Å². The van der Waals surface area contributed by atoms with Gasteiger partial charge in [-0.15, -0.1) is 0 Å². The SMILES string of the molecule is CCC1CC(C#CC2CCC(CO)CC2)CCC1C#CC1NC(CO)C(CO)N1C. The molecule has 3 rings (SSSR count). The number of nitrogens with one attached hydrogen (secondary N) is 1. The van der Waals surface area contributed by atoms with Gasteiger partial charge in [0.1, 0.15) is 6.17 Å². The van der Waals surface area contributed by atoms with Gasteiger partial charge in [0.25, 0.3) is 0 Å². The van der Waals surface area contributed by atoms with Gasteiger partial charge in [-0.05, 0) is 63.8 Å². The molecule has 1 heterocycles. The second kappa shape index (κ2) is 11.5. The Balaban J connectivity index is 1.53. The molecule has 2 saturated carbocycles. The molecule has 3 fully saturated rings. The Morgan fingerprint density at radius 3 is 2.13 bits per heavy atom. The van der Waals surface area contributed by atoms with Gasteiger partial charge in [0.05, 0.1) is 25.3 Å². The van der Waals surface area contributed by atoms with E-state index < -0.39 is 0 Å². The van der Waals surface area contributed by atoms with E-state index in [4.69, 9.17) is 0 Å². The predicted octanol–water partition coefficient (Wildman–Crippen LogP) is 1.82. The van der Waals surface area contributed by atoms with E-state index in [1.165, 1.54) is 0 Å². The third-order valence-electron chi connectivity index (χ3n) is 7.66. The Morgan fingerprint density at radius 2 is 1.53 bits per heavy atom. The molecule has 5 nitrogen and oxygen atoms in total. The van der Waals surface area contributed by atoms with Crippen molar-refractivity contribution in [3.63, 3.8) is 0 Å². The highest BCUT2D eigenvalue weighted by Gasteiger charge is 2.37. The van der Waals surface area contributed by atoms with Crippen molar-refractivity contribution in [2.45, 2.75) is 76.5 Å². The average molecular weight is 417 g/mol. The zero-order valence-corrected chi connectivity index (χ0v) is 18.7. The highest BCUT2D eigenvalue weighted by molar-refractivity contribution is 5.17. The molecule has 0 aromatic rings. The van der Waals surface area contributed by atoms with Crippen molar-refractivity contribution in [2.75, 3.05) is 26.9 Å². The summed E-state index contributed by atoms with van der Waals surface area (Å²) >= 11 is 0. The van der Waals surface area contributed by atoms with Gasteiger partial charge in [-0.2, -0.15) is 0 Å². The van der Waals surface area contributed by atoms with Crippen molar-refractivity contribution in [1.29, 1.82) is 0 Å². The monoisotopic (exact) mass is 416 g/mol. The van der Waals surface area contributed by atoms with Gasteiger partial charge in [-0.25, -0.2) is 0 Å². The first kappa shape index (κ1) is 23.6. The Morgan fingerprint density at radius 1 is 0.833 bits per heavy atom. The molecule has 30 heavy (non-hydrogen) atoms. The van der Waals surface area contributed by atoms with E-state index in [1.807, 2.05) is 11.9 Å². The standard InChI is InChI=1S/C25H40N2O3/c1-3-21-14-19(7-4-18-5-8-20(15-28)9-6-18)10-11-22(21)12-13-25-26-23(16-29)24(17-30)27(25)2/h18-26,28-30H,3,5-6,8-11,14-17H2,1-2H3. The van der Waals surface area contributed by atoms with Crippen LogP contribution in [0.4, 0.5) is 0 Å². The normalized spacial score (nSPS) is 39.6. The molecule has 6 unspecified atom stereocenters. The van der Waals surface area contributed by atoms with Crippen LogP contribution in [0.1, 0.15) is 58.3 Å². The zero-order chi connectivity index (χ0) is 21.5. The van der Waals surface area contributed by atoms with Gasteiger partial charge in [0.2, 0.25) is 0 Å². The minimum atomic E-state index is -0.125. The highest BCUT2D eigenvalue weighted by Crippen LogP contribution is 2.36. The molecule has 1 aliphatic heterocycles. The van der Waals surface area contributed by atoms with Crippen molar-refractivity contribution >= 4 is 0 Å². The smallest absolute Gasteiger partial charge is 0.124 e. The molecule has 4 N–H and O–H groups in total. The van der Waals surface area contributed by atoms with Crippen LogP contribution in [-0.4, -0.2) is 65.3 Å². The fourth-order valence-corrected chi connectivity index (χ4v) is 5.43. The fraction of sp³-hybridized carbons (Fsp3) is 0.840. The zero-order valence-electron chi connectivity index (χ0n) is 18.7. The summed E-state index contributed by atoms with van der Waals surface area (Å²) < 4.78 is 0. The van der Waals surface area contributed by atoms with E-state index in [-0.39, 0.29) is 31.5 Å². The number of hydrogen-bond donors (Lipinski definition) is 4. The molecular formula is C25H40N2O3. The Hall–Kier alpha value is -1.08. The minimum absolute atomic E-state index is 0.0107. The van der Waals surface area contributed by atoms with Crippen molar-refractivity contribution in [3.8, 4) is 23.7 Å². The first-order chi connectivity index (χ1) is 14.6. The molecule has 168 valence electrons. The Kier molecular flexibility index (Phi) is 9.05. The molecule has 0 radical (unpaired) electrons. The predicted molar refractivity (Wildman–Crippen MR) is 119 cm³/mol. The van der Waals surface area contributed by atoms with E-state index in [0.29, 0.717) is 36.2 Å². The van der Waals surface area contributed by atoms with Crippen molar-refractivity contribution in [1.82, 2.24) is 10.2 Å². The Bertz CT molecular complexity index is 653. The molecule has 0 aromatic carbocycles. The lowest BCUT2D eigenvalue weighted by Crippen LogP contribution is -2.39. The van der Waals surface area contributed by atoms with Crippen LogP contribution < -0.4 is 5.32 Å². The maximum Gasteiger partial charge on any atom is 0.124 e. The maximum atomic E-state index is 9.59. The van der Waals surface area contributed by atoms with Crippen LogP contribution in [0.15, 0.2) is 0 Å². The van der Waals surface area contributed by atoms with Gasteiger partial charge < -0.3 is 15.3 Å². The molecule has 0 bridgehead atoms. The van der Waals surface area contributed by atoms with Gasteiger partial charge in [0, 0.05) is 24.4 Å². The molecule has 5 heteroatoms. The minimum Gasteiger partial charge on any atom is -0.396 e. The summed E-state index contributed by atoms with van der Waals surface area (Å²) in [6.45, 7) is 2.62. The van der Waals surface area contributed by atoms with Crippen LogP contribution in [0.5, 0.6) is 0 Å². The van der Waals surface area contributed by atoms with Crippen molar-refractivity contribution in [2.24, 2.45) is 29.6 Å². The molecule has 0 aromatic heterocycles. The summed E-state index contributed by atoms with van der Waals surface area (Å²) in [5.41, 5.74) is 0. The third kappa shape index (κ3) is 5.78. The second-order valence-corrected chi connectivity index (χ2v) is 9.54. The first-order valence-electron chi connectivity index (χ1n) is 11.9. The molecule has 3 aliphatic rings. The van der Waals surface area contributed by atoms with Crippen LogP contribution in [0.25, 0.3) is 0 Å². The van der Waals surface area contributed by atoms with Crippen LogP contribution in [0, 0.1) is 53.3 Å². The van der Waals surface area contributed by atoms with Crippen molar-refractivity contribution in [3.05, 3.63) is 0 Å². The number of nitrogens with zero attached hydrogens (tertiary/aromatic N) is 1. The van der Waals surface area contributed by atoms with E-state index in [0.717, 1.165) is 51.4 Å². The van der Waals surface area contributed by atoms with E-state index in [9.17, 15) is 15.3 Å². The maximum absolute atomic E-state index is 9.59. The molecule has 1 saturated heterocycles. The summed E-state index contributed by atoms with van der Waals surface area (Å²) in [6.07, 6.45) is 8.91. The van der Waals surface area contributed by atoms with Gasteiger partial charge in [-0.1, -0.05) is 37.0 Å². The Labute approximate surface area is 182 Å². The summed E-state index contributed by atoms with van der Waals surface area (Å²) in [4.78, 5) is 2.04. The van der Waals surface area contributed by atoms with Crippen molar-refractivity contribution < 1.29 is 15.3 Å². The summed E-state index contributed by atoms with van der Waals surface area (Å²) in [5, 5.41) is 31.8. The lowest BCUT2D eigenvalue weighted by molar-refractivity contribution is 0.141. The van der Waals surface area contributed by atoms with E-state index >= 15 is 0 Å². The van der Waals surface area contributed by atoms with Gasteiger partial charge in [0.15, 0.2) is 0 Å². The number of aliphatic hydroxyl groups is 3. The topological polar surface area (TPSA) is 76.0 Å². The molecule has 0 amide bonds. The lowest BCUT2D eigenvalue weighted by Gasteiger charge is -2.31. The van der Waals surface area contributed by atoms with Gasteiger partial charge >= 0.3 is 0 Å². The molecule has 0 spiro atoms. The lowest BCUT2D eigenvalue weighted by atomic mass is 9.73. The van der Waals surface area contributed by atoms with Crippen LogP contribution >= 0.6 is 0 Å². The summed E-state index contributed by atoms with van der Waals surface area (Å²) in [6, 6.07) is -0.213. The average Bonchev–Trinajstić information content (AvgIpc) is 3.11.